The maximum Gasteiger partial charge on any atom is 0.417 e. The van der Waals surface area contributed by atoms with Gasteiger partial charge in [0.25, 0.3) is 5.91 Å². The normalized spacial score (nSPS) is 18.1. The third kappa shape index (κ3) is 3.47. The number of imide groups is 1. The smallest absolute Gasteiger partial charge is 0.417 e. The molecule has 0 radical (unpaired) electrons. The van der Waals surface area contributed by atoms with Crippen LogP contribution in [0.5, 0.6) is 0 Å². The van der Waals surface area contributed by atoms with Gasteiger partial charge in [-0.05, 0) is 18.9 Å². The van der Waals surface area contributed by atoms with Crippen LogP contribution < -0.4 is 0 Å². The number of hydrogen-bond acceptors (Lipinski definition) is 6. The van der Waals surface area contributed by atoms with Crippen molar-refractivity contribution in [1.82, 2.24) is 9.88 Å². The number of aromatic nitrogens is 1. The van der Waals surface area contributed by atoms with E-state index in [1.165, 1.54) is 11.3 Å². The molecule has 1 fully saturated rings. The Balaban J connectivity index is 1.77. The number of amides is 2. The van der Waals surface area contributed by atoms with Gasteiger partial charge in [-0.15, -0.1) is 11.3 Å². The van der Waals surface area contributed by atoms with E-state index in [-0.39, 0.29) is 12.2 Å². The first-order valence-corrected chi connectivity index (χ1v) is 8.68. The van der Waals surface area contributed by atoms with Crippen molar-refractivity contribution in [2.45, 2.75) is 25.5 Å². The molecule has 1 aromatic heterocycles. The Morgan fingerprint density at radius 2 is 2.20 bits per heavy atom. The first kappa shape index (κ1) is 17.3. The van der Waals surface area contributed by atoms with Crippen molar-refractivity contribution in [1.29, 1.82) is 0 Å². The lowest BCUT2D eigenvalue weighted by Crippen LogP contribution is -2.41. The van der Waals surface area contributed by atoms with Crippen LogP contribution in [0.4, 0.5) is 4.79 Å². The second-order valence-electron chi connectivity index (χ2n) is 5.83. The highest BCUT2D eigenvalue weighted by Crippen LogP contribution is 2.29. The van der Waals surface area contributed by atoms with Crippen LogP contribution in [0, 0.1) is 6.92 Å². The minimum Gasteiger partial charge on any atom is -0.447 e. The molecule has 7 heteroatoms. The molecular formula is C18H18N2O4S. The van der Waals surface area contributed by atoms with Crippen molar-refractivity contribution in [3.63, 3.8) is 0 Å². The summed E-state index contributed by atoms with van der Waals surface area (Å²) in [6.45, 7) is 5.57. The molecule has 1 aromatic carbocycles. The van der Waals surface area contributed by atoms with Gasteiger partial charge in [-0.2, -0.15) is 0 Å². The maximum atomic E-state index is 12.8. The Bertz CT molecular complexity index is 802. The summed E-state index contributed by atoms with van der Waals surface area (Å²) in [6.07, 6.45) is -1.41. The molecule has 2 aromatic rings. The fourth-order valence-electron chi connectivity index (χ4n) is 2.75. The zero-order valence-corrected chi connectivity index (χ0v) is 14.5. The molecule has 25 heavy (non-hydrogen) atoms. The van der Waals surface area contributed by atoms with Gasteiger partial charge in [0.1, 0.15) is 12.7 Å². The van der Waals surface area contributed by atoms with Crippen molar-refractivity contribution >= 4 is 23.3 Å². The van der Waals surface area contributed by atoms with Crippen molar-refractivity contribution < 1.29 is 19.4 Å². The molecule has 2 amide bonds. The number of aryl methyl sites for hydroxylation is 1. The molecule has 0 unspecified atom stereocenters. The van der Waals surface area contributed by atoms with Gasteiger partial charge in [-0.1, -0.05) is 36.9 Å². The summed E-state index contributed by atoms with van der Waals surface area (Å²) in [5.74, 6) is -0.622. The average Bonchev–Trinajstić information content (AvgIpc) is 3.20. The van der Waals surface area contributed by atoms with Gasteiger partial charge < -0.3 is 9.84 Å². The molecule has 130 valence electrons. The number of benzene rings is 1. The predicted molar refractivity (Wildman–Crippen MR) is 93.1 cm³/mol. The Hall–Kier alpha value is -2.51. The molecule has 1 aliphatic heterocycles. The number of aliphatic hydroxyl groups excluding tert-OH is 1. The summed E-state index contributed by atoms with van der Waals surface area (Å²) in [7, 11) is 0. The Morgan fingerprint density at radius 3 is 2.84 bits per heavy atom. The third-order valence-electron chi connectivity index (χ3n) is 4.13. The minimum absolute atomic E-state index is 0.0655. The van der Waals surface area contributed by atoms with Crippen LogP contribution in [0.15, 0.2) is 48.0 Å². The van der Waals surface area contributed by atoms with Crippen LogP contribution in [-0.2, 0) is 16.0 Å². The standard InChI is InChI=1S/C18H18N2O4S/c1-11(15(21)16-12(2)19-10-25-16)17(22)20-14(9-24-18(20)23)8-13-6-4-3-5-7-13/h3-7,10,14-15,21H,1,8-9H2,2H3/t14-,15-/m0/s1. The molecule has 0 saturated carbocycles. The number of carbonyl (C=O) groups excluding carboxylic acids is 2. The Morgan fingerprint density at radius 1 is 1.48 bits per heavy atom. The van der Waals surface area contributed by atoms with Gasteiger partial charge in [-0.25, -0.2) is 14.7 Å². The molecule has 2 heterocycles. The summed E-state index contributed by atoms with van der Waals surface area (Å²) < 4.78 is 5.05. The number of rotatable bonds is 5. The molecule has 0 bridgehead atoms. The SMILES string of the molecule is C=C(C(=O)N1C(=O)OC[C@@H]1Cc1ccccc1)[C@H](O)c1scnc1C. The molecular weight excluding hydrogens is 340 g/mol. The van der Waals surface area contributed by atoms with Crippen molar-refractivity contribution in [2.75, 3.05) is 6.61 Å². The van der Waals surface area contributed by atoms with Gasteiger partial charge in [0, 0.05) is 5.57 Å². The van der Waals surface area contributed by atoms with Crippen LogP contribution in [0.2, 0.25) is 0 Å². The van der Waals surface area contributed by atoms with E-state index in [9.17, 15) is 14.7 Å². The largest absolute Gasteiger partial charge is 0.447 e. The van der Waals surface area contributed by atoms with E-state index < -0.39 is 24.1 Å². The fourth-order valence-corrected chi connectivity index (χ4v) is 3.57. The topological polar surface area (TPSA) is 79.7 Å². The number of ether oxygens (including phenoxy) is 1. The lowest BCUT2D eigenvalue weighted by molar-refractivity contribution is -0.126. The third-order valence-corrected chi connectivity index (χ3v) is 5.11. The first-order chi connectivity index (χ1) is 12.0. The van der Waals surface area contributed by atoms with Gasteiger partial charge in [0.05, 0.1) is 22.1 Å². The van der Waals surface area contributed by atoms with E-state index in [2.05, 4.69) is 11.6 Å². The highest BCUT2D eigenvalue weighted by Gasteiger charge is 2.40. The molecule has 3 rings (SSSR count). The van der Waals surface area contributed by atoms with Crippen LogP contribution in [-0.4, -0.2) is 39.6 Å². The van der Waals surface area contributed by atoms with Crippen LogP contribution in [0.3, 0.4) is 0 Å². The predicted octanol–water partition coefficient (Wildman–Crippen LogP) is 2.63. The number of carbonyl (C=O) groups is 2. The summed E-state index contributed by atoms with van der Waals surface area (Å²) in [4.78, 5) is 30.5. The van der Waals surface area contributed by atoms with Gasteiger partial charge >= 0.3 is 6.09 Å². The number of thiazole rings is 1. The molecule has 1 saturated heterocycles. The summed E-state index contributed by atoms with van der Waals surface area (Å²) in [5.41, 5.74) is 3.15. The second kappa shape index (κ2) is 7.16. The number of cyclic esters (lactones) is 1. The van der Waals surface area contributed by atoms with E-state index in [0.29, 0.717) is 17.0 Å². The molecule has 2 atom stereocenters. The minimum atomic E-state index is -1.19. The number of hydrogen-bond donors (Lipinski definition) is 1. The van der Waals surface area contributed by atoms with Gasteiger partial charge in [0.2, 0.25) is 0 Å². The van der Waals surface area contributed by atoms with Crippen molar-refractivity contribution in [2.24, 2.45) is 0 Å². The van der Waals surface area contributed by atoms with Crippen LogP contribution in [0.25, 0.3) is 0 Å². The van der Waals surface area contributed by atoms with E-state index in [1.807, 2.05) is 30.3 Å². The van der Waals surface area contributed by atoms with Gasteiger partial charge in [0.15, 0.2) is 0 Å². The van der Waals surface area contributed by atoms with E-state index in [4.69, 9.17) is 4.74 Å². The number of nitrogens with zero attached hydrogens (tertiary/aromatic N) is 2. The fraction of sp³-hybridized carbons (Fsp3) is 0.278. The van der Waals surface area contributed by atoms with Crippen LogP contribution >= 0.6 is 11.3 Å². The highest BCUT2D eigenvalue weighted by atomic mass is 32.1. The molecule has 1 aliphatic rings. The van der Waals surface area contributed by atoms with Crippen LogP contribution in [0.1, 0.15) is 22.2 Å². The zero-order valence-electron chi connectivity index (χ0n) is 13.7. The summed E-state index contributed by atoms with van der Waals surface area (Å²) in [5, 5.41) is 10.4. The highest BCUT2D eigenvalue weighted by molar-refractivity contribution is 7.09. The Labute approximate surface area is 149 Å². The van der Waals surface area contributed by atoms with Gasteiger partial charge in [-0.3, -0.25) is 4.79 Å². The molecule has 1 N–H and O–H groups in total. The van der Waals surface area contributed by atoms with E-state index in [1.54, 1.807) is 12.4 Å². The van der Waals surface area contributed by atoms with Crippen molar-refractivity contribution in [3.05, 3.63) is 64.1 Å². The average molecular weight is 358 g/mol. The Kier molecular flexibility index (Phi) is 4.96. The summed E-state index contributed by atoms with van der Waals surface area (Å²) in [6, 6.07) is 9.13. The zero-order chi connectivity index (χ0) is 18.0. The molecule has 0 aliphatic carbocycles. The summed E-state index contributed by atoms with van der Waals surface area (Å²) >= 11 is 1.24. The first-order valence-electron chi connectivity index (χ1n) is 7.80. The maximum absolute atomic E-state index is 12.8. The lowest BCUT2D eigenvalue weighted by Gasteiger charge is -2.22. The molecule has 6 nitrogen and oxygen atoms in total. The van der Waals surface area contributed by atoms with Crippen molar-refractivity contribution in [3.8, 4) is 0 Å². The lowest BCUT2D eigenvalue weighted by atomic mass is 10.0. The molecule has 0 spiro atoms. The van der Waals surface area contributed by atoms with E-state index in [0.717, 1.165) is 10.5 Å². The van der Waals surface area contributed by atoms with E-state index >= 15 is 0 Å². The monoisotopic (exact) mass is 358 g/mol. The second-order valence-corrected chi connectivity index (χ2v) is 6.71. The quantitative estimate of drug-likeness (QED) is 0.831. The number of aliphatic hydroxyl groups is 1.